The van der Waals surface area contributed by atoms with Gasteiger partial charge in [-0.05, 0) is 30.3 Å². The number of para-hydroxylation sites is 1. The van der Waals surface area contributed by atoms with Gasteiger partial charge in [0.1, 0.15) is 5.76 Å². The summed E-state index contributed by atoms with van der Waals surface area (Å²) in [6, 6.07) is 8.35. The van der Waals surface area contributed by atoms with Crippen molar-refractivity contribution < 1.29 is 32.1 Å². The lowest BCUT2D eigenvalue weighted by Crippen LogP contribution is -3.15. The molecule has 0 bridgehead atoms. The van der Waals surface area contributed by atoms with Crippen molar-refractivity contribution >= 4 is 23.6 Å². The number of nitrogens with one attached hydrogen (secondary N) is 2. The molecule has 0 spiro atoms. The van der Waals surface area contributed by atoms with Gasteiger partial charge in [0.05, 0.1) is 43.7 Å². The van der Waals surface area contributed by atoms with Crippen LogP contribution in [0.3, 0.4) is 0 Å². The number of furan rings is 1. The maximum atomic E-state index is 13.0. The Morgan fingerprint density at radius 1 is 1.14 bits per heavy atom. The fraction of sp³-hybridized carbons (Fsp3) is 0.300. The van der Waals surface area contributed by atoms with Gasteiger partial charge in [0, 0.05) is 6.08 Å². The second kappa shape index (κ2) is 8.95. The van der Waals surface area contributed by atoms with Gasteiger partial charge in [-0.25, -0.2) is 0 Å². The number of quaternary nitrogens is 1. The Labute approximate surface area is 165 Å². The number of piperazine rings is 1. The number of carbonyl (C=O) groups excluding carboxylic acids is 2. The van der Waals surface area contributed by atoms with Crippen LogP contribution in [0.1, 0.15) is 11.3 Å². The van der Waals surface area contributed by atoms with Crippen LogP contribution < -0.4 is 10.2 Å². The number of alkyl halides is 3. The lowest BCUT2D eigenvalue weighted by Gasteiger charge is -2.31. The molecule has 3 rings (SSSR count). The van der Waals surface area contributed by atoms with Gasteiger partial charge in [-0.2, -0.15) is 13.2 Å². The molecule has 2 amide bonds. The van der Waals surface area contributed by atoms with E-state index in [2.05, 4.69) is 5.32 Å². The van der Waals surface area contributed by atoms with Crippen LogP contribution in [-0.4, -0.2) is 49.4 Å². The maximum absolute atomic E-state index is 13.0. The molecule has 0 aliphatic carbocycles. The zero-order chi connectivity index (χ0) is 20.9. The monoisotopic (exact) mass is 408 g/mol. The smallest absolute Gasteiger partial charge is 0.418 e. The summed E-state index contributed by atoms with van der Waals surface area (Å²) in [4.78, 5) is 27.0. The normalized spacial score (nSPS) is 15.6. The first-order chi connectivity index (χ1) is 13.8. The molecule has 0 atom stereocenters. The van der Waals surface area contributed by atoms with Crippen molar-refractivity contribution in [2.24, 2.45) is 0 Å². The number of amides is 2. The summed E-state index contributed by atoms with van der Waals surface area (Å²) in [6.07, 6.45) is 0.00796. The number of rotatable bonds is 5. The fourth-order valence-corrected chi connectivity index (χ4v) is 3.13. The first-order valence-corrected chi connectivity index (χ1v) is 9.13. The van der Waals surface area contributed by atoms with E-state index in [0.29, 0.717) is 31.9 Å². The Kier molecular flexibility index (Phi) is 6.38. The second-order valence-corrected chi connectivity index (χ2v) is 6.69. The van der Waals surface area contributed by atoms with Crippen LogP contribution in [-0.2, 0) is 15.8 Å². The van der Waals surface area contributed by atoms with Gasteiger partial charge in [-0.3, -0.25) is 9.59 Å². The zero-order valence-corrected chi connectivity index (χ0v) is 15.5. The van der Waals surface area contributed by atoms with Crippen LogP contribution in [0.25, 0.3) is 6.08 Å². The molecule has 0 radical (unpaired) electrons. The van der Waals surface area contributed by atoms with Crippen LogP contribution in [0.2, 0.25) is 0 Å². The standard InChI is InChI=1S/C20H20F3N3O3/c21-20(22,23)16-5-1-2-6-17(16)24-18(27)14-25-9-11-26(12-10-25)19(28)8-7-15-4-3-13-29-15/h1-8,13H,9-12,14H2,(H,24,27)/p+1/b8-7+. The SMILES string of the molecule is O=C(C[NH+]1CCN(C(=O)/C=C/c2ccco2)CC1)Nc1ccccc1C(F)(F)F. The van der Waals surface area contributed by atoms with Crippen molar-refractivity contribution in [3.8, 4) is 0 Å². The maximum Gasteiger partial charge on any atom is 0.418 e. The van der Waals surface area contributed by atoms with E-state index in [0.717, 1.165) is 11.0 Å². The summed E-state index contributed by atoms with van der Waals surface area (Å²) in [5.74, 6) is -0.0587. The quantitative estimate of drug-likeness (QED) is 0.740. The van der Waals surface area contributed by atoms with E-state index in [1.807, 2.05) is 0 Å². The molecule has 154 valence electrons. The highest BCUT2D eigenvalue weighted by molar-refractivity contribution is 5.92. The highest BCUT2D eigenvalue weighted by Crippen LogP contribution is 2.34. The minimum Gasteiger partial charge on any atom is -0.465 e. The Morgan fingerprint density at radius 2 is 1.86 bits per heavy atom. The van der Waals surface area contributed by atoms with Crippen LogP contribution >= 0.6 is 0 Å². The zero-order valence-electron chi connectivity index (χ0n) is 15.5. The minimum atomic E-state index is -4.54. The summed E-state index contributed by atoms with van der Waals surface area (Å²) in [6.45, 7) is 2.03. The average molecular weight is 408 g/mol. The molecule has 0 unspecified atom stereocenters. The molecule has 9 heteroatoms. The lowest BCUT2D eigenvalue weighted by atomic mass is 10.1. The molecule has 0 saturated carbocycles. The van der Waals surface area contributed by atoms with Gasteiger partial charge < -0.3 is 19.5 Å². The number of benzene rings is 1. The van der Waals surface area contributed by atoms with Crippen LogP contribution in [0.15, 0.2) is 53.2 Å². The van der Waals surface area contributed by atoms with Crippen molar-refractivity contribution in [1.29, 1.82) is 0 Å². The summed E-state index contributed by atoms with van der Waals surface area (Å²) >= 11 is 0. The molecule has 1 saturated heterocycles. The number of anilines is 1. The summed E-state index contributed by atoms with van der Waals surface area (Å²) in [7, 11) is 0. The van der Waals surface area contributed by atoms with Gasteiger partial charge >= 0.3 is 6.18 Å². The first-order valence-electron chi connectivity index (χ1n) is 9.13. The van der Waals surface area contributed by atoms with Gasteiger partial charge in [-0.15, -0.1) is 0 Å². The van der Waals surface area contributed by atoms with E-state index >= 15 is 0 Å². The van der Waals surface area contributed by atoms with Crippen molar-refractivity contribution in [2.45, 2.75) is 6.18 Å². The van der Waals surface area contributed by atoms with E-state index < -0.39 is 17.6 Å². The summed E-state index contributed by atoms with van der Waals surface area (Å²) < 4.78 is 44.2. The van der Waals surface area contributed by atoms with Gasteiger partial charge in [0.25, 0.3) is 5.91 Å². The van der Waals surface area contributed by atoms with Crippen LogP contribution in [0, 0.1) is 0 Å². The Bertz CT molecular complexity index is 871. The molecular formula is C20H21F3N3O3+. The third-order valence-corrected chi connectivity index (χ3v) is 4.63. The molecule has 1 aliphatic heterocycles. The Balaban J connectivity index is 1.48. The molecule has 2 heterocycles. The predicted molar refractivity (Wildman–Crippen MR) is 100.0 cm³/mol. The highest BCUT2D eigenvalue weighted by atomic mass is 19.4. The molecule has 29 heavy (non-hydrogen) atoms. The van der Waals surface area contributed by atoms with Gasteiger partial charge in [0.15, 0.2) is 6.54 Å². The Hall–Kier alpha value is -3.07. The topological polar surface area (TPSA) is 67.0 Å². The molecule has 1 aliphatic rings. The molecule has 2 aromatic rings. The number of hydrogen-bond donors (Lipinski definition) is 2. The molecule has 2 N–H and O–H groups in total. The summed E-state index contributed by atoms with van der Waals surface area (Å²) in [5, 5.41) is 2.35. The van der Waals surface area contributed by atoms with Gasteiger partial charge in [-0.1, -0.05) is 12.1 Å². The van der Waals surface area contributed by atoms with Crippen molar-refractivity contribution in [3.05, 3.63) is 60.1 Å². The van der Waals surface area contributed by atoms with Crippen molar-refractivity contribution in [2.75, 3.05) is 38.0 Å². The molecular weight excluding hydrogens is 387 g/mol. The average Bonchev–Trinajstić information content (AvgIpc) is 3.20. The third kappa shape index (κ3) is 5.71. The predicted octanol–water partition coefficient (Wildman–Crippen LogP) is 1.68. The lowest BCUT2D eigenvalue weighted by molar-refractivity contribution is -0.895. The van der Waals surface area contributed by atoms with E-state index in [9.17, 15) is 22.8 Å². The first kappa shape index (κ1) is 20.7. The van der Waals surface area contributed by atoms with Crippen molar-refractivity contribution in [3.63, 3.8) is 0 Å². The number of carbonyl (C=O) groups is 2. The second-order valence-electron chi connectivity index (χ2n) is 6.69. The van der Waals surface area contributed by atoms with Crippen LogP contribution in [0.4, 0.5) is 18.9 Å². The molecule has 1 fully saturated rings. The fourth-order valence-electron chi connectivity index (χ4n) is 3.13. The molecule has 1 aromatic heterocycles. The van der Waals surface area contributed by atoms with E-state index in [1.165, 1.54) is 30.5 Å². The molecule has 1 aromatic carbocycles. The highest BCUT2D eigenvalue weighted by Gasteiger charge is 2.34. The van der Waals surface area contributed by atoms with E-state index in [4.69, 9.17) is 4.42 Å². The number of halogens is 3. The molecule has 6 nitrogen and oxygen atoms in total. The third-order valence-electron chi connectivity index (χ3n) is 4.63. The van der Waals surface area contributed by atoms with E-state index in [-0.39, 0.29) is 18.1 Å². The van der Waals surface area contributed by atoms with Gasteiger partial charge in [0.2, 0.25) is 5.91 Å². The number of nitrogens with zero attached hydrogens (tertiary/aromatic N) is 1. The Morgan fingerprint density at radius 3 is 2.52 bits per heavy atom. The summed E-state index contributed by atoms with van der Waals surface area (Å²) in [5.41, 5.74) is -1.12. The number of hydrogen-bond acceptors (Lipinski definition) is 3. The van der Waals surface area contributed by atoms with E-state index in [1.54, 1.807) is 23.1 Å². The van der Waals surface area contributed by atoms with Crippen LogP contribution in [0.5, 0.6) is 0 Å². The minimum absolute atomic E-state index is 0.0382. The van der Waals surface area contributed by atoms with Crippen molar-refractivity contribution in [1.82, 2.24) is 4.90 Å². The largest absolute Gasteiger partial charge is 0.465 e.